The molecular formula is C23H32O5. The Morgan fingerprint density at radius 1 is 1.00 bits per heavy atom. The van der Waals surface area contributed by atoms with E-state index in [9.17, 15) is 14.4 Å². The van der Waals surface area contributed by atoms with Gasteiger partial charge < -0.3 is 9.47 Å². The number of ether oxygens (including phenoxy) is 2. The van der Waals surface area contributed by atoms with Crippen LogP contribution in [0.15, 0.2) is 0 Å². The molecule has 5 aliphatic rings. The van der Waals surface area contributed by atoms with E-state index >= 15 is 0 Å². The number of hydrogen-bond donors (Lipinski definition) is 0. The topological polar surface area (TPSA) is 69.7 Å². The Morgan fingerprint density at radius 3 is 2.36 bits per heavy atom. The van der Waals surface area contributed by atoms with Gasteiger partial charge in [-0.2, -0.15) is 0 Å². The van der Waals surface area contributed by atoms with Gasteiger partial charge in [0.2, 0.25) is 0 Å². The zero-order chi connectivity index (χ0) is 20.4. The van der Waals surface area contributed by atoms with Gasteiger partial charge in [0.25, 0.3) is 0 Å². The summed E-state index contributed by atoms with van der Waals surface area (Å²) in [5, 5.41) is 0. The number of carbonyl (C=O) groups is 3. The monoisotopic (exact) mass is 388 g/mol. The summed E-state index contributed by atoms with van der Waals surface area (Å²) in [6.07, 6.45) is 1.59. The second-order valence-electron chi connectivity index (χ2n) is 11.4. The number of Topliss-reactive ketones (excluding diaryl/α,β-unsaturated/α-hetero) is 3. The van der Waals surface area contributed by atoms with Crippen molar-refractivity contribution in [3.63, 3.8) is 0 Å². The highest BCUT2D eigenvalue weighted by Gasteiger charge is 2.81. The van der Waals surface area contributed by atoms with Gasteiger partial charge in [-0.15, -0.1) is 0 Å². The van der Waals surface area contributed by atoms with Gasteiger partial charge in [0.15, 0.2) is 5.79 Å². The van der Waals surface area contributed by atoms with Crippen molar-refractivity contribution >= 4 is 17.3 Å². The molecule has 8 atom stereocenters. The molecule has 0 radical (unpaired) electrons. The molecule has 28 heavy (non-hydrogen) atoms. The van der Waals surface area contributed by atoms with Gasteiger partial charge >= 0.3 is 0 Å². The van der Waals surface area contributed by atoms with Crippen LogP contribution in [0, 0.1) is 39.9 Å². The highest BCUT2D eigenvalue weighted by Crippen LogP contribution is 2.72. The zero-order valence-electron chi connectivity index (χ0n) is 17.8. The molecule has 1 heterocycles. The van der Waals surface area contributed by atoms with Crippen molar-refractivity contribution in [1.29, 1.82) is 0 Å². The minimum absolute atomic E-state index is 0.0284. The van der Waals surface area contributed by atoms with Crippen LogP contribution in [-0.4, -0.2) is 35.3 Å². The second-order valence-corrected chi connectivity index (χ2v) is 11.4. The molecule has 5 unspecified atom stereocenters. The molecule has 5 nitrogen and oxygen atoms in total. The number of fused-ring (bicyclic) bond motifs is 2. The summed E-state index contributed by atoms with van der Waals surface area (Å²) in [5.74, 6) is -1.39. The Labute approximate surface area is 166 Å². The molecular weight excluding hydrogens is 356 g/mol. The number of hydrogen-bond acceptors (Lipinski definition) is 5. The van der Waals surface area contributed by atoms with Gasteiger partial charge in [0, 0.05) is 36.0 Å². The van der Waals surface area contributed by atoms with Crippen LogP contribution in [0.5, 0.6) is 0 Å². The van der Waals surface area contributed by atoms with E-state index < -0.39 is 22.5 Å². The normalized spacial score (nSPS) is 53.6. The van der Waals surface area contributed by atoms with E-state index in [0.29, 0.717) is 19.3 Å². The summed E-state index contributed by atoms with van der Waals surface area (Å²) >= 11 is 0. The summed E-state index contributed by atoms with van der Waals surface area (Å²) in [5.41, 5.74) is -1.88. The first-order chi connectivity index (χ1) is 12.9. The van der Waals surface area contributed by atoms with Gasteiger partial charge in [0.1, 0.15) is 17.3 Å². The molecule has 5 heteroatoms. The van der Waals surface area contributed by atoms with Crippen molar-refractivity contribution in [2.45, 2.75) is 85.2 Å². The molecule has 0 amide bonds. The lowest BCUT2D eigenvalue weighted by atomic mass is 9.39. The fourth-order valence-electron chi connectivity index (χ4n) is 8.14. The SMILES string of the molecule is CC1C(=O)C23C4C(=O)CC1[C@H]2OC(C)(C)O[C@@H]3CC1C(C)(C)CCC(=O)[C@]14C. The van der Waals surface area contributed by atoms with E-state index in [2.05, 4.69) is 13.8 Å². The third-order valence-corrected chi connectivity index (χ3v) is 9.26. The molecule has 5 rings (SSSR count). The van der Waals surface area contributed by atoms with E-state index in [1.54, 1.807) is 0 Å². The quantitative estimate of drug-likeness (QED) is 0.637. The molecule has 0 aromatic carbocycles. The van der Waals surface area contributed by atoms with Crippen LogP contribution in [0.25, 0.3) is 0 Å². The minimum atomic E-state index is -0.997. The van der Waals surface area contributed by atoms with Crippen LogP contribution < -0.4 is 0 Å². The number of rotatable bonds is 0. The average Bonchev–Trinajstić information content (AvgIpc) is 2.72. The Balaban J connectivity index is 1.78. The highest BCUT2D eigenvalue weighted by atomic mass is 16.7. The molecule has 5 fully saturated rings. The largest absolute Gasteiger partial charge is 0.346 e. The van der Waals surface area contributed by atoms with Crippen molar-refractivity contribution in [1.82, 2.24) is 0 Å². The van der Waals surface area contributed by atoms with Crippen molar-refractivity contribution < 1.29 is 23.9 Å². The molecule has 0 aromatic heterocycles. The van der Waals surface area contributed by atoms with Crippen LogP contribution in [0.3, 0.4) is 0 Å². The fourth-order valence-corrected chi connectivity index (χ4v) is 8.14. The predicted molar refractivity (Wildman–Crippen MR) is 101 cm³/mol. The highest BCUT2D eigenvalue weighted by molar-refractivity contribution is 6.04. The first kappa shape index (κ1) is 18.9. The Morgan fingerprint density at radius 2 is 1.68 bits per heavy atom. The molecule has 1 spiro atoms. The van der Waals surface area contributed by atoms with Crippen molar-refractivity contribution in [2.24, 2.45) is 39.9 Å². The number of ketones is 3. The maximum Gasteiger partial charge on any atom is 0.163 e. The first-order valence-corrected chi connectivity index (χ1v) is 10.8. The van der Waals surface area contributed by atoms with E-state index in [0.717, 1.165) is 6.42 Å². The lowest BCUT2D eigenvalue weighted by molar-refractivity contribution is -0.370. The Hall–Kier alpha value is -1.07. The van der Waals surface area contributed by atoms with E-state index in [-0.39, 0.29) is 52.7 Å². The zero-order valence-corrected chi connectivity index (χ0v) is 17.8. The van der Waals surface area contributed by atoms with Gasteiger partial charge in [-0.25, -0.2) is 0 Å². The summed E-state index contributed by atoms with van der Waals surface area (Å²) in [7, 11) is 0. The van der Waals surface area contributed by atoms with Crippen molar-refractivity contribution in [3.8, 4) is 0 Å². The summed E-state index contributed by atoms with van der Waals surface area (Å²) < 4.78 is 12.8. The molecule has 0 N–H and O–H groups in total. The minimum Gasteiger partial charge on any atom is -0.346 e. The number of carbonyl (C=O) groups excluding carboxylic acids is 3. The van der Waals surface area contributed by atoms with E-state index in [1.807, 2.05) is 27.7 Å². The fraction of sp³-hybridized carbons (Fsp3) is 0.870. The van der Waals surface area contributed by atoms with Gasteiger partial charge in [-0.05, 0) is 38.0 Å². The average molecular weight is 389 g/mol. The van der Waals surface area contributed by atoms with Crippen LogP contribution in [0.1, 0.15) is 67.2 Å². The maximum atomic E-state index is 13.8. The van der Waals surface area contributed by atoms with Gasteiger partial charge in [-0.3, -0.25) is 14.4 Å². The van der Waals surface area contributed by atoms with Crippen LogP contribution in [-0.2, 0) is 23.9 Å². The summed E-state index contributed by atoms with van der Waals surface area (Å²) in [6, 6.07) is 0. The first-order valence-electron chi connectivity index (χ1n) is 10.8. The molecule has 0 aromatic rings. The summed E-state index contributed by atoms with van der Waals surface area (Å²) in [4.78, 5) is 40.7. The van der Waals surface area contributed by atoms with Crippen LogP contribution >= 0.6 is 0 Å². The lowest BCUT2D eigenvalue weighted by Gasteiger charge is -2.67. The third kappa shape index (κ3) is 1.89. The van der Waals surface area contributed by atoms with Crippen LogP contribution in [0.4, 0.5) is 0 Å². The van der Waals surface area contributed by atoms with Crippen molar-refractivity contribution in [3.05, 3.63) is 0 Å². The molecule has 4 saturated carbocycles. The standard InChI is InChI=1S/C23H32O5/c1-11-12-9-13(24)17-22(6)14(20(2,3)8-7-15(22)25)10-16-23(17,18(11)26)19(12)28-21(4,5)27-16/h11-12,14,16-17,19H,7-10H2,1-6H3/t11?,12?,14?,16-,17?,19-,22+,23?/m1/s1. The second kappa shape index (κ2) is 5.15. The van der Waals surface area contributed by atoms with Gasteiger partial charge in [0.05, 0.1) is 17.6 Å². The maximum absolute atomic E-state index is 13.8. The van der Waals surface area contributed by atoms with E-state index in [1.165, 1.54) is 0 Å². The van der Waals surface area contributed by atoms with Gasteiger partial charge in [-0.1, -0.05) is 27.7 Å². The lowest BCUT2D eigenvalue weighted by Crippen LogP contribution is -2.75. The van der Waals surface area contributed by atoms with E-state index in [4.69, 9.17) is 9.47 Å². The molecule has 4 aliphatic carbocycles. The smallest absolute Gasteiger partial charge is 0.163 e. The molecule has 154 valence electrons. The Bertz CT molecular complexity index is 797. The summed E-state index contributed by atoms with van der Waals surface area (Å²) in [6.45, 7) is 12.1. The Kier molecular flexibility index (Phi) is 3.48. The molecule has 1 aliphatic heterocycles. The molecule has 1 saturated heterocycles. The van der Waals surface area contributed by atoms with Crippen molar-refractivity contribution in [2.75, 3.05) is 0 Å². The molecule has 2 bridgehead atoms. The third-order valence-electron chi connectivity index (χ3n) is 9.26. The van der Waals surface area contributed by atoms with Crippen LogP contribution in [0.2, 0.25) is 0 Å². The predicted octanol–water partition coefficient (Wildman–Crippen LogP) is 3.33.